The Hall–Kier alpha value is -0.570. The molecule has 1 saturated heterocycles. The van der Waals surface area contributed by atoms with Crippen molar-refractivity contribution in [1.29, 1.82) is 5.41 Å². The summed E-state index contributed by atoms with van der Waals surface area (Å²) in [5.74, 6) is 0.526. The lowest BCUT2D eigenvalue weighted by Crippen LogP contribution is -2.42. The van der Waals surface area contributed by atoms with Gasteiger partial charge in [-0.3, -0.25) is 10.3 Å². The highest BCUT2D eigenvalue weighted by Crippen LogP contribution is 2.17. The SMILES string of the molecule is CC(CN1CCCCC1C)C(=N)N. The molecule has 76 valence electrons. The van der Waals surface area contributed by atoms with Crippen LogP contribution in [0.5, 0.6) is 0 Å². The van der Waals surface area contributed by atoms with Crippen LogP contribution in [0.25, 0.3) is 0 Å². The van der Waals surface area contributed by atoms with Crippen LogP contribution in [0.4, 0.5) is 0 Å². The number of rotatable bonds is 3. The predicted octanol–water partition coefficient (Wildman–Crippen LogP) is 1.43. The molecule has 1 fully saturated rings. The summed E-state index contributed by atoms with van der Waals surface area (Å²) in [7, 11) is 0. The van der Waals surface area contributed by atoms with Gasteiger partial charge in [-0.05, 0) is 26.3 Å². The highest BCUT2D eigenvalue weighted by atomic mass is 15.2. The number of nitrogens with one attached hydrogen (secondary N) is 1. The van der Waals surface area contributed by atoms with E-state index in [4.69, 9.17) is 11.1 Å². The average molecular weight is 183 g/mol. The summed E-state index contributed by atoms with van der Waals surface area (Å²) >= 11 is 0. The number of likely N-dealkylation sites (tertiary alicyclic amines) is 1. The van der Waals surface area contributed by atoms with Crippen LogP contribution < -0.4 is 5.73 Å². The summed E-state index contributed by atoms with van der Waals surface area (Å²) in [6.45, 7) is 6.44. The molecule has 1 heterocycles. The van der Waals surface area contributed by atoms with Crippen molar-refractivity contribution in [3.05, 3.63) is 0 Å². The molecule has 0 amide bonds. The van der Waals surface area contributed by atoms with Crippen molar-refractivity contribution in [3.63, 3.8) is 0 Å². The highest BCUT2D eigenvalue weighted by molar-refractivity contribution is 5.79. The van der Waals surface area contributed by atoms with Crippen LogP contribution in [0.2, 0.25) is 0 Å². The Morgan fingerprint density at radius 2 is 2.31 bits per heavy atom. The molecule has 1 rings (SSSR count). The molecule has 3 nitrogen and oxygen atoms in total. The van der Waals surface area contributed by atoms with Gasteiger partial charge in [-0.2, -0.15) is 0 Å². The van der Waals surface area contributed by atoms with Crippen LogP contribution >= 0.6 is 0 Å². The van der Waals surface area contributed by atoms with E-state index < -0.39 is 0 Å². The molecule has 2 unspecified atom stereocenters. The first-order chi connectivity index (χ1) is 6.11. The molecule has 0 bridgehead atoms. The molecule has 2 atom stereocenters. The molecule has 0 aliphatic carbocycles. The first kappa shape index (κ1) is 10.5. The lowest BCUT2D eigenvalue weighted by atomic mass is 10.0. The Kier molecular flexibility index (Phi) is 3.72. The molecular formula is C10H21N3. The van der Waals surface area contributed by atoms with Crippen LogP contribution in [0.1, 0.15) is 33.1 Å². The second kappa shape index (κ2) is 4.61. The summed E-state index contributed by atoms with van der Waals surface area (Å²) in [5.41, 5.74) is 5.46. The number of nitrogens with zero attached hydrogens (tertiary/aromatic N) is 1. The first-order valence-corrected chi connectivity index (χ1v) is 5.19. The topological polar surface area (TPSA) is 53.1 Å². The van der Waals surface area contributed by atoms with Crippen LogP contribution in [-0.2, 0) is 0 Å². The molecule has 3 N–H and O–H groups in total. The van der Waals surface area contributed by atoms with Crippen molar-refractivity contribution in [1.82, 2.24) is 4.90 Å². The van der Waals surface area contributed by atoms with Gasteiger partial charge in [-0.1, -0.05) is 13.3 Å². The van der Waals surface area contributed by atoms with Gasteiger partial charge in [0.15, 0.2) is 0 Å². The molecular weight excluding hydrogens is 162 g/mol. The molecule has 13 heavy (non-hydrogen) atoms. The second-order valence-electron chi connectivity index (χ2n) is 4.20. The first-order valence-electron chi connectivity index (χ1n) is 5.19. The quantitative estimate of drug-likeness (QED) is 0.514. The minimum Gasteiger partial charge on any atom is -0.387 e. The molecule has 1 aliphatic rings. The second-order valence-corrected chi connectivity index (χ2v) is 4.20. The Labute approximate surface area is 80.8 Å². The van der Waals surface area contributed by atoms with E-state index in [1.165, 1.54) is 25.8 Å². The van der Waals surface area contributed by atoms with E-state index in [-0.39, 0.29) is 5.92 Å². The monoisotopic (exact) mass is 183 g/mol. The van der Waals surface area contributed by atoms with E-state index in [0.29, 0.717) is 11.9 Å². The Bertz CT molecular complexity index is 179. The van der Waals surface area contributed by atoms with Gasteiger partial charge < -0.3 is 5.73 Å². The molecule has 0 aromatic rings. The number of nitrogens with two attached hydrogens (primary N) is 1. The number of hydrogen-bond donors (Lipinski definition) is 2. The molecule has 3 heteroatoms. The minimum absolute atomic E-state index is 0.209. The fourth-order valence-electron chi connectivity index (χ4n) is 1.88. The van der Waals surface area contributed by atoms with Gasteiger partial charge >= 0.3 is 0 Å². The van der Waals surface area contributed by atoms with Crippen molar-refractivity contribution in [2.45, 2.75) is 39.2 Å². The van der Waals surface area contributed by atoms with E-state index in [1.807, 2.05) is 6.92 Å². The Morgan fingerprint density at radius 1 is 1.62 bits per heavy atom. The zero-order valence-corrected chi connectivity index (χ0v) is 8.71. The molecule has 0 aromatic carbocycles. The van der Waals surface area contributed by atoms with Crippen molar-refractivity contribution in [3.8, 4) is 0 Å². The van der Waals surface area contributed by atoms with Gasteiger partial charge in [-0.15, -0.1) is 0 Å². The maximum Gasteiger partial charge on any atom is 0.0947 e. The van der Waals surface area contributed by atoms with Gasteiger partial charge in [0.2, 0.25) is 0 Å². The van der Waals surface area contributed by atoms with Crippen molar-refractivity contribution in [2.24, 2.45) is 11.7 Å². The predicted molar refractivity (Wildman–Crippen MR) is 56.0 cm³/mol. The maximum atomic E-state index is 7.34. The Morgan fingerprint density at radius 3 is 2.85 bits per heavy atom. The van der Waals surface area contributed by atoms with Crippen LogP contribution in [-0.4, -0.2) is 29.9 Å². The molecule has 0 aromatic heterocycles. The smallest absolute Gasteiger partial charge is 0.0947 e. The van der Waals surface area contributed by atoms with Gasteiger partial charge in [0.05, 0.1) is 5.84 Å². The zero-order chi connectivity index (χ0) is 9.84. The summed E-state index contributed by atoms with van der Waals surface area (Å²) in [6, 6.07) is 0.676. The highest BCUT2D eigenvalue weighted by Gasteiger charge is 2.20. The van der Waals surface area contributed by atoms with E-state index in [9.17, 15) is 0 Å². The molecule has 0 radical (unpaired) electrons. The van der Waals surface area contributed by atoms with E-state index in [0.717, 1.165) is 6.54 Å². The van der Waals surface area contributed by atoms with Gasteiger partial charge in [0.1, 0.15) is 0 Å². The third kappa shape index (κ3) is 2.99. The number of hydrogen-bond acceptors (Lipinski definition) is 2. The molecule has 1 aliphatic heterocycles. The average Bonchev–Trinajstić information content (AvgIpc) is 2.08. The lowest BCUT2D eigenvalue weighted by Gasteiger charge is -2.34. The standard InChI is InChI=1S/C10H21N3/c1-8(10(11)12)7-13-6-4-3-5-9(13)2/h8-9H,3-7H2,1-2H3,(H3,11,12). The largest absolute Gasteiger partial charge is 0.387 e. The van der Waals surface area contributed by atoms with Crippen LogP contribution in [0.3, 0.4) is 0 Å². The van der Waals surface area contributed by atoms with Gasteiger partial charge in [0, 0.05) is 18.5 Å². The number of piperidine rings is 1. The maximum absolute atomic E-state index is 7.34. The normalized spacial score (nSPS) is 27.1. The van der Waals surface area contributed by atoms with Crippen molar-refractivity contribution < 1.29 is 0 Å². The van der Waals surface area contributed by atoms with Gasteiger partial charge in [-0.25, -0.2) is 0 Å². The van der Waals surface area contributed by atoms with E-state index in [2.05, 4.69) is 11.8 Å². The Balaban J connectivity index is 2.37. The molecule has 0 saturated carbocycles. The fraction of sp³-hybridized carbons (Fsp3) is 0.900. The van der Waals surface area contributed by atoms with E-state index in [1.54, 1.807) is 0 Å². The molecule has 0 spiro atoms. The minimum atomic E-state index is 0.209. The van der Waals surface area contributed by atoms with Crippen LogP contribution in [0, 0.1) is 11.3 Å². The van der Waals surface area contributed by atoms with Gasteiger partial charge in [0.25, 0.3) is 0 Å². The summed E-state index contributed by atoms with van der Waals surface area (Å²) in [6.07, 6.45) is 3.95. The van der Waals surface area contributed by atoms with Crippen molar-refractivity contribution in [2.75, 3.05) is 13.1 Å². The fourth-order valence-corrected chi connectivity index (χ4v) is 1.88. The summed E-state index contributed by atoms with van der Waals surface area (Å²) in [5, 5.41) is 7.34. The van der Waals surface area contributed by atoms with E-state index >= 15 is 0 Å². The third-order valence-corrected chi connectivity index (χ3v) is 2.98. The van der Waals surface area contributed by atoms with Crippen LogP contribution in [0.15, 0.2) is 0 Å². The van der Waals surface area contributed by atoms with Crippen molar-refractivity contribution >= 4 is 5.84 Å². The lowest BCUT2D eigenvalue weighted by molar-refractivity contribution is 0.151. The number of amidine groups is 1. The third-order valence-electron chi connectivity index (χ3n) is 2.98. The summed E-state index contributed by atoms with van der Waals surface area (Å²) < 4.78 is 0. The summed E-state index contributed by atoms with van der Waals surface area (Å²) in [4.78, 5) is 2.45. The zero-order valence-electron chi connectivity index (χ0n) is 8.71.